The number of carbonyl (C=O) groups excluding carboxylic acids is 2. The van der Waals surface area contributed by atoms with Crippen LogP contribution in [0.15, 0.2) is 58.7 Å². The second kappa shape index (κ2) is 14.2. The van der Waals surface area contributed by atoms with E-state index in [0.717, 1.165) is 18.4 Å². The average Bonchev–Trinajstić information content (AvgIpc) is 2.71. The van der Waals surface area contributed by atoms with Crippen molar-refractivity contribution in [2.45, 2.75) is 79.7 Å². The number of unbranched alkanes of at least 4 members (excludes halogenated alkanes) is 1. The van der Waals surface area contributed by atoms with Crippen LogP contribution in [-0.4, -0.2) is 43.2 Å². The number of allylic oxidation sites excluding steroid dienone is 9. The Labute approximate surface area is 210 Å². The normalized spacial score (nSPS) is 18.3. The molecule has 1 amide bonds. The maximum atomic E-state index is 12.3. The van der Waals surface area contributed by atoms with Crippen LogP contribution in [0.4, 0.5) is 0 Å². The molecule has 0 spiro atoms. The predicted octanol–water partition coefficient (Wildman–Crippen LogP) is 5.23. The smallest absolute Gasteiger partial charge is 0.329 e. The van der Waals surface area contributed by atoms with E-state index < -0.39 is 33.8 Å². The summed E-state index contributed by atoms with van der Waals surface area (Å²) in [5.74, 6) is -2.51. The third-order valence-electron chi connectivity index (χ3n) is 5.85. The number of carbonyl (C=O) groups is 2. The fraction of sp³-hybridized carbons (Fsp3) is 0.556. The maximum absolute atomic E-state index is 12.3. The first-order chi connectivity index (χ1) is 16.2. The Morgan fingerprint density at radius 1 is 1.20 bits per heavy atom. The van der Waals surface area contributed by atoms with Crippen LogP contribution < -0.4 is 5.32 Å². The molecule has 196 valence electrons. The SMILES string of the molecule is CCCCOC(=O)C(CS(=O)(=O)O)NC(=O)/C=C(C)/C=C/C=C(C)\C=C\C1=C(C)CCCC1(C)C. The summed E-state index contributed by atoms with van der Waals surface area (Å²) in [5, 5.41) is 2.30. The minimum absolute atomic E-state index is 0.110. The molecule has 1 aliphatic rings. The zero-order chi connectivity index (χ0) is 26.6. The molecule has 0 aromatic heterocycles. The summed E-state index contributed by atoms with van der Waals surface area (Å²) in [6, 6.07) is -1.49. The van der Waals surface area contributed by atoms with E-state index >= 15 is 0 Å². The van der Waals surface area contributed by atoms with Crippen molar-refractivity contribution in [1.82, 2.24) is 5.32 Å². The average molecular weight is 508 g/mol. The molecule has 0 bridgehead atoms. The molecule has 2 N–H and O–H groups in total. The number of esters is 1. The lowest BCUT2D eigenvalue weighted by atomic mass is 9.72. The summed E-state index contributed by atoms with van der Waals surface area (Å²) in [7, 11) is -4.49. The van der Waals surface area contributed by atoms with Crippen molar-refractivity contribution in [3.05, 3.63) is 58.7 Å². The summed E-state index contributed by atoms with van der Waals surface area (Å²) < 4.78 is 36.6. The monoisotopic (exact) mass is 507 g/mol. The highest BCUT2D eigenvalue weighted by Gasteiger charge is 2.27. The Balaban J connectivity index is 2.80. The van der Waals surface area contributed by atoms with Gasteiger partial charge in [-0.2, -0.15) is 8.42 Å². The van der Waals surface area contributed by atoms with E-state index in [1.54, 1.807) is 13.0 Å². The third-order valence-corrected chi connectivity index (χ3v) is 6.61. The van der Waals surface area contributed by atoms with Crippen molar-refractivity contribution in [2.24, 2.45) is 5.41 Å². The highest BCUT2D eigenvalue weighted by molar-refractivity contribution is 7.85. The van der Waals surface area contributed by atoms with Gasteiger partial charge in [0.05, 0.1) is 6.61 Å². The highest BCUT2D eigenvalue weighted by Crippen LogP contribution is 2.40. The molecule has 1 atom stereocenters. The first kappa shape index (κ1) is 30.6. The summed E-state index contributed by atoms with van der Waals surface area (Å²) in [6.45, 7) is 12.5. The molecular formula is C27H41NO6S. The lowest BCUT2D eigenvalue weighted by molar-refractivity contribution is -0.147. The molecule has 0 aromatic rings. The fourth-order valence-electron chi connectivity index (χ4n) is 3.90. The van der Waals surface area contributed by atoms with Crippen LogP contribution >= 0.6 is 0 Å². The molecular weight excluding hydrogens is 466 g/mol. The van der Waals surface area contributed by atoms with Crippen molar-refractivity contribution in [2.75, 3.05) is 12.4 Å². The van der Waals surface area contributed by atoms with Crippen LogP contribution in [0.2, 0.25) is 0 Å². The molecule has 0 saturated heterocycles. The van der Waals surface area contributed by atoms with Crippen molar-refractivity contribution in [3.8, 4) is 0 Å². The third kappa shape index (κ3) is 12.2. The van der Waals surface area contributed by atoms with Gasteiger partial charge < -0.3 is 10.1 Å². The Hall–Kier alpha value is -2.45. The number of hydrogen-bond donors (Lipinski definition) is 2. The molecule has 0 saturated carbocycles. The molecule has 0 fully saturated rings. The van der Waals surface area contributed by atoms with Crippen LogP contribution in [0.1, 0.15) is 73.6 Å². The zero-order valence-corrected chi connectivity index (χ0v) is 22.7. The fourth-order valence-corrected chi connectivity index (χ4v) is 4.54. The van der Waals surface area contributed by atoms with Crippen molar-refractivity contribution >= 4 is 22.0 Å². The predicted molar refractivity (Wildman–Crippen MR) is 140 cm³/mol. The van der Waals surface area contributed by atoms with Crippen LogP contribution in [-0.2, 0) is 24.4 Å². The van der Waals surface area contributed by atoms with E-state index in [-0.39, 0.29) is 12.0 Å². The molecule has 8 heteroatoms. The Kier molecular flexibility index (Phi) is 12.4. The first-order valence-corrected chi connectivity index (χ1v) is 13.7. The van der Waals surface area contributed by atoms with Crippen LogP contribution in [0.3, 0.4) is 0 Å². The van der Waals surface area contributed by atoms with E-state index in [9.17, 15) is 18.0 Å². The Morgan fingerprint density at radius 2 is 1.89 bits per heavy atom. The van der Waals surface area contributed by atoms with Gasteiger partial charge in [-0.1, -0.05) is 68.7 Å². The van der Waals surface area contributed by atoms with Crippen LogP contribution in [0, 0.1) is 5.41 Å². The second-order valence-electron chi connectivity index (χ2n) is 9.75. The van der Waals surface area contributed by atoms with E-state index in [1.807, 2.05) is 26.0 Å². The summed E-state index contributed by atoms with van der Waals surface area (Å²) >= 11 is 0. The van der Waals surface area contributed by atoms with Gasteiger partial charge >= 0.3 is 5.97 Å². The van der Waals surface area contributed by atoms with Gasteiger partial charge in [-0.25, -0.2) is 4.79 Å². The number of ether oxygens (including phenoxy) is 1. The van der Waals surface area contributed by atoms with Gasteiger partial charge in [-0.15, -0.1) is 0 Å². The molecule has 1 aliphatic carbocycles. The highest BCUT2D eigenvalue weighted by atomic mass is 32.2. The molecule has 0 radical (unpaired) electrons. The largest absolute Gasteiger partial charge is 0.464 e. The lowest BCUT2D eigenvalue weighted by Crippen LogP contribution is -2.45. The minimum atomic E-state index is -4.49. The Bertz CT molecular complexity index is 1010. The van der Waals surface area contributed by atoms with E-state index in [1.165, 1.54) is 30.1 Å². The maximum Gasteiger partial charge on any atom is 0.329 e. The van der Waals surface area contributed by atoms with Gasteiger partial charge in [0.1, 0.15) is 11.8 Å². The first-order valence-electron chi connectivity index (χ1n) is 12.1. The number of amides is 1. The topological polar surface area (TPSA) is 110 Å². The summed E-state index contributed by atoms with van der Waals surface area (Å²) in [4.78, 5) is 24.4. The summed E-state index contributed by atoms with van der Waals surface area (Å²) in [6.07, 6.45) is 16.0. The van der Waals surface area contributed by atoms with Crippen molar-refractivity contribution < 1.29 is 27.3 Å². The molecule has 0 aromatic carbocycles. The molecule has 35 heavy (non-hydrogen) atoms. The molecule has 0 heterocycles. The van der Waals surface area contributed by atoms with Crippen LogP contribution in [0.5, 0.6) is 0 Å². The molecule has 0 aliphatic heterocycles. The number of rotatable bonds is 12. The van der Waals surface area contributed by atoms with E-state index in [4.69, 9.17) is 9.29 Å². The van der Waals surface area contributed by atoms with Crippen LogP contribution in [0.25, 0.3) is 0 Å². The Morgan fingerprint density at radius 3 is 2.49 bits per heavy atom. The van der Waals surface area contributed by atoms with E-state index in [2.05, 4.69) is 38.2 Å². The minimum Gasteiger partial charge on any atom is -0.464 e. The van der Waals surface area contributed by atoms with Gasteiger partial charge in [0.25, 0.3) is 10.1 Å². The van der Waals surface area contributed by atoms with Gasteiger partial charge in [0.15, 0.2) is 0 Å². The molecule has 7 nitrogen and oxygen atoms in total. The zero-order valence-electron chi connectivity index (χ0n) is 21.9. The summed E-state index contributed by atoms with van der Waals surface area (Å²) in [5.41, 5.74) is 4.67. The van der Waals surface area contributed by atoms with Crippen molar-refractivity contribution in [1.29, 1.82) is 0 Å². The number of hydrogen-bond acceptors (Lipinski definition) is 5. The lowest BCUT2D eigenvalue weighted by Gasteiger charge is -2.32. The van der Waals surface area contributed by atoms with Gasteiger partial charge in [0, 0.05) is 6.08 Å². The standard InChI is InChI=1S/C27H41NO6S/c1-7-8-17-34-26(30)24(19-35(31,32)33)28-25(29)18-21(3)12-9-11-20(2)14-15-23-22(4)13-10-16-27(23,5)6/h9,11-12,14-15,18,24H,7-8,10,13,16-17,19H2,1-6H3,(H,28,29)(H,31,32,33)/b12-9+,15-14+,20-11-,21-18+. The van der Waals surface area contributed by atoms with Gasteiger partial charge in [0.2, 0.25) is 5.91 Å². The van der Waals surface area contributed by atoms with E-state index in [0.29, 0.717) is 12.0 Å². The van der Waals surface area contributed by atoms with Crippen molar-refractivity contribution in [3.63, 3.8) is 0 Å². The number of nitrogens with one attached hydrogen (secondary N) is 1. The van der Waals surface area contributed by atoms with Gasteiger partial charge in [-0.05, 0) is 63.0 Å². The van der Waals surface area contributed by atoms with Gasteiger partial charge in [-0.3, -0.25) is 9.35 Å². The molecule has 1 unspecified atom stereocenters. The molecule has 1 rings (SSSR count). The second-order valence-corrected chi connectivity index (χ2v) is 11.3. The quantitative estimate of drug-likeness (QED) is 0.123.